The van der Waals surface area contributed by atoms with Gasteiger partial charge in [0.2, 0.25) is 0 Å². The van der Waals surface area contributed by atoms with Crippen LogP contribution in [0.2, 0.25) is 0 Å². The fraction of sp³-hybridized carbons (Fsp3) is 0.500. The molecule has 4 rings (SSSR count). The maximum absolute atomic E-state index is 13.2. The Labute approximate surface area is 159 Å². The van der Waals surface area contributed by atoms with E-state index < -0.39 is 6.43 Å². The van der Waals surface area contributed by atoms with E-state index in [1.165, 1.54) is 11.8 Å². The van der Waals surface area contributed by atoms with Gasteiger partial charge in [0.05, 0.1) is 6.04 Å². The summed E-state index contributed by atoms with van der Waals surface area (Å²) in [4.78, 5) is 0. The highest BCUT2D eigenvalue weighted by Crippen LogP contribution is 2.34. The first-order valence-corrected chi connectivity index (χ1v) is 9.66. The summed E-state index contributed by atoms with van der Waals surface area (Å²) in [6, 6.07) is 5.24. The van der Waals surface area contributed by atoms with Gasteiger partial charge in [0.15, 0.2) is 5.82 Å². The molecule has 2 aromatic rings. The Morgan fingerprint density at radius 2 is 2.12 bits per heavy atom. The molecule has 0 bridgehead atoms. The number of fused-ring (bicyclic) bond motifs is 1. The van der Waals surface area contributed by atoms with Crippen LogP contribution in [-0.2, 0) is 17.7 Å². The first-order valence-electron chi connectivity index (χ1n) is 8.87. The second-order valence-electron chi connectivity index (χ2n) is 6.65. The second-order valence-corrected chi connectivity index (χ2v) is 7.51. The number of hydrogen-bond acceptors (Lipinski definition) is 4. The van der Waals surface area contributed by atoms with E-state index in [1.54, 1.807) is 12.1 Å². The summed E-state index contributed by atoms with van der Waals surface area (Å²) in [5.74, 6) is 0.751. The summed E-state index contributed by atoms with van der Waals surface area (Å²) in [5.41, 5.74) is 2.97. The lowest BCUT2D eigenvalue weighted by Gasteiger charge is -2.25. The molecule has 26 heavy (non-hydrogen) atoms. The topological polar surface area (TPSA) is 51.1 Å². The molecule has 0 saturated carbocycles. The van der Waals surface area contributed by atoms with Crippen molar-refractivity contribution in [2.24, 2.45) is 0 Å². The van der Waals surface area contributed by atoms with Gasteiger partial charge in [-0.3, -0.25) is 4.68 Å². The largest absolute Gasteiger partial charge is 0.381 e. The van der Waals surface area contributed by atoms with Gasteiger partial charge >= 0.3 is 0 Å². The summed E-state index contributed by atoms with van der Waals surface area (Å²) in [6.07, 6.45) is 0.301. The van der Waals surface area contributed by atoms with Crippen molar-refractivity contribution in [3.63, 3.8) is 0 Å². The highest BCUT2D eigenvalue weighted by Gasteiger charge is 2.26. The third-order valence-electron chi connectivity index (χ3n) is 4.99. The summed E-state index contributed by atoms with van der Waals surface area (Å²) in [6.45, 7) is 3.17. The van der Waals surface area contributed by atoms with Crippen molar-refractivity contribution in [1.29, 1.82) is 0 Å². The number of halogens is 3. The van der Waals surface area contributed by atoms with Crippen LogP contribution in [0.4, 0.5) is 20.3 Å². The number of benzene rings is 1. The molecule has 0 aliphatic carbocycles. The molecule has 2 N–H and O–H groups in total. The summed E-state index contributed by atoms with van der Waals surface area (Å²) in [7, 11) is 0. The molecule has 1 saturated heterocycles. The first-order chi connectivity index (χ1) is 12.6. The van der Waals surface area contributed by atoms with E-state index in [4.69, 9.17) is 9.84 Å². The molecule has 0 amide bonds. The van der Waals surface area contributed by atoms with Gasteiger partial charge < -0.3 is 15.4 Å². The minimum atomic E-state index is -2.53. The van der Waals surface area contributed by atoms with Gasteiger partial charge in [-0.2, -0.15) is 5.10 Å². The first kappa shape index (κ1) is 17.9. The zero-order valence-electron chi connectivity index (χ0n) is 14.3. The fourth-order valence-corrected chi connectivity index (χ4v) is 4.05. The van der Waals surface area contributed by atoms with E-state index in [0.717, 1.165) is 56.9 Å². The van der Waals surface area contributed by atoms with Gasteiger partial charge in [0.25, 0.3) is 6.43 Å². The Bertz CT molecular complexity index is 790. The third kappa shape index (κ3) is 3.50. The van der Waals surface area contributed by atoms with E-state index in [0.29, 0.717) is 16.2 Å². The van der Waals surface area contributed by atoms with Crippen molar-refractivity contribution in [3.8, 4) is 0 Å². The molecule has 0 atom stereocenters. The molecule has 1 fully saturated rings. The molecule has 5 nitrogen and oxygen atoms in total. The quantitative estimate of drug-likeness (QED) is 0.763. The van der Waals surface area contributed by atoms with Gasteiger partial charge in [-0.15, -0.1) is 0 Å². The number of rotatable bonds is 4. The van der Waals surface area contributed by atoms with Crippen molar-refractivity contribution in [1.82, 2.24) is 15.1 Å². The molecule has 0 spiro atoms. The number of ether oxygens (including phenoxy) is 1. The van der Waals surface area contributed by atoms with Crippen LogP contribution in [0.3, 0.4) is 0 Å². The number of nitrogens with zero attached hydrogens (tertiary/aromatic N) is 2. The average Bonchev–Trinajstić information content (AvgIpc) is 3.02. The molecule has 3 heterocycles. The molecule has 1 aromatic heterocycles. The van der Waals surface area contributed by atoms with E-state index in [1.807, 2.05) is 0 Å². The molecule has 2 aliphatic heterocycles. The average molecular weight is 427 g/mol. The summed E-state index contributed by atoms with van der Waals surface area (Å²) < 4.78 is 34.3. The van der Waals surface area contributed by atoms with Crippen LogP contribution in [0.25, 0.3) is 0 Å². The maximum Gasteiger partial charge on any atom is 0.265 e. The zero-order valence-corrected chi connectivity index (χ0v) is 15.9. The Balaban J connectivity index is 1.66. The Morgan fingerprint density at radius 1 is 1.31 bits per heavy atom. The molecule has 0 radical (unpaired) electrons. The van der Waals surface area contributed by atoms with Crippen LogP contribution >= 0.6 is 15.9 Å². The molecular formula is C18H21BrF2N4O. The van der Waals surface area contributed by atoms with Crippen LogP contribution < -0.4 is 10.6 Å². The van der Waals surface area contributed by atoms with Crippen LogP contribution in [0.1, 0.15) is 42.1 Å². The van der Waals surface area contributed by atoms with E-state index in [-0.39, 0.29) is 5.56 Å². The molecular weight excluding hydrogens is 406 g/mol. The van der Waals surface area contributed by atoms with Crippen molar-refractivity contribution < 1.29 is 13.5 Å². The zero-order chi connectivity index (χ0) is 18.1. The molecule has 8 heteroatoms. The van der Waals surface area contributed by atoms with Gasteiger partial charge in [-0.1, -0.05) is 15.9 Å². The number of anilines is 2. The van der Waals surface area contributed by atoms with Crippen molar-refractivity contribution in [3.05, 3.63) is 39.5 Å². The highest BCUT2D eigenvalue weighted by molar-refractivity contribution is 9.10. The normalized spacial score (nSPS) is 18.2. The van der Waals surface area contributed by atoms with E-state index in [9.17, 15) is 8.78 Å². The van der Waals surface area contributed by atoms with Crippen molar-refractivity contribution in [2.75, 3.05) is 25.1 Å². The molecule has 140 valence electrons. The van der Waals surface area contributed by atoms with Gasteiger partial charge in [0.1, 0.15) is 0 Å². The lowest BCUT2D eigenvalue weighted by molar-refractivity contribution is 0.0654. The summed E-state index contributed by atoms with van der Waals surface area (Å²) in [5, 5.41) is 11.5. The summed E-state index contributed by atoms with van der Waals surface area (Å²) >= 11 is 3.18. The Morgan fingerprint density at radius 3 is 2.88 bits per heavy atom. The van der Waals surface area contributed by atoms with Crippen molar-refractivity contribution in [2.45, 2.75) is 38.3 Å². The number of aromatic nitrogens is 2. The number of nitrogens with one attached hydrogen (secondary N) is 2. The Hall–Kier alpha value is -1.51. The number of hydrogen-bond donors (Lipinski definition) is 2. The van der Waals surface area contributed by atoms with Crippen LogP contribution in [0, 0.1) is 0 Å². The highest BCUT2D eigenvalue weighted by atomic mass is 79.9. The minimum Gasteiger partial charge on any atom is -0.381 e. The molecule has 1 aromatic carbocycles. The maximum atomic E-state index is 13.2. The smallest absolute Gasteiger partial charge is 0.265 e. The molecule has 2 aliphatic rings. The van der Waals surface area contributed by atoms with Gasteiger partial charge in [-0.05, 0) is 31.0 Å². The second kappa shape index (κ2) is 7.62. The van der Waals surface area contributed by atoms with Crippen LogP contribution in [-0.4, -0.2) is 29.5 Å². The third-order valence-corrected chi connectivity index (χ3v) is 5.71. The lowest BCUT2D eigenvalue weighted by Crippen LogP contribution is -2.28. The molecule has 0 unspecified atom stereocenters. The van der Waals surface area contributed by atoms with Gasteiger partial charge in [-0.25, -0.2) is 8.78 Å². The standard InChI is InChI=1S/C18H21BrF2N4O/c19-15-2-1-11(9-13(15)17(20)21)23-18-14-10-22-6-3-16(14)25(24-18)12-4-7-26-8-5-12/h1-2,9,12,17,22H,3-8,10H2,(H,23,24). The SMILES string of the molecule is FC(F)c1cc(Nc2nn(C3CCOCC3)c3c2CNCC3)ccc1Br. The minimum absolute atomic E-state index is 0.0224. The van der Waals surface area contributed by atoms with Crippen LogP contribution in [0.15, 0.2) is 22.7 Å². The van der Waals surface area contributed by atoms with E-state index >= 15 is 0 Å². The van der Waals surface area contributed by atoms with Crippen molar-refractivity contribution >= 4 is 27.4 Å². The van der Waals surface area contributed by atoms with Gasteiger partial charge in [0, 0.05) is 59.7 Å². The Kier molecular flexibility index (Phi) is 5.24. The predicted molar refractivity (Wildman–Crippen MR) is 99.1 cm³/mol. The predicted octanol–water partition coefficient (Wildman–Crippen LogP) is 4.32. The van der Waals surface area contributed by atoms with Crippen LogP contribution in [0.5, 0.6) is 0 Å². The monoisotopic (exact) mass is 426 g/mol. The fourth-order valence-electron chi connectivity index (χ4n) is 3.63. The van der Waals surface area contributed by atoms with E-state index in [2.05, 4.69) is 31.2 Å². The lowest BCUT2D eigenvalue weighted by atomic mass is 10.1. The number of alkyl halides is 2.